The maximum Gasteiger partial charge on any atom is 0.252 e. The Kier molecular flexibility index (Phi) is 7.42. The Hall–Kier alpha value is -2.48. The minimum Gasteiger partial charge on any atom is -0.351 e. The second kappa shape index (κ2) is 10.0. The third-order valence-electron chi connectivity index (χ3n) is 4.21. The number of carbonyl (C=O) groups excluding carboxylic acids is 2. The van der Waals surface area contributed by atoms with Gasteiger partial charge in [-0.15, -0.1) is 11.3 Å². The van der Waals surface area contributed by atoms with Gasteiger partial charge < -0.3 is 10.6 Å². The largest absolute Gasteiger partial charge is 0.351 e. The van der Waals surface area contributed by atoms with E-state index in [2.05, 4.69) is 15.6 Å². The maximum absolute atomic E-state index is 13.1. The summed E-state index contributed by atoms with van der Waals surface area (Å²) in [6.07, 6.45) is 0.0962. The number of carbonyl (C=O) groups is 2. The van der Waals surface area contributed by atoms with Crippen LogP contribution in [-0.2, 0) is 11.3 Å². The van der Waals surface area contributed by atoms with E-state index in [0.29, 0.717) is 11.6 Å². The second-order valence-corrected chi connectivity index (χ2v) is 8.56. The van der Waals surface area contributed by atoms with Crippen molar-refractivity contribution >= 4 is 46.4 Å². The zero-order valence-corrected chi connectivity index (χ0v) is 18.3. The molecule has 0 aliphatic heterocycles. The molecule has 2 N–H and O–H groups in total. The summed E-state index contributed by atoms with van der Waals surface area (Å²) < 4.78 is 13.1. The molecule has 30 heavy (non-hydrogen) atoms. The molecular formula is C21H18Cl2FN3O2S. The molecule has 5 nitrogen and oxygen atoms in total. The van der Waals surface area contributed by atoms with Crippen molar-refractivity contribution in [2.24, 2.45) is 0 Å². The summed E-state index contributed by atoms with van der Waals surface area (Å²) in [7, 11) is 0. The van der Waals surface area contributed by atoms with E-state index in [1.54, 1.807) is 0 Å². The number of aromatic nitrogens is 1. The van der Waals surface area contributed by atoms with E-state index in [4.69, 9.17) is 23.2 Å². The van der Waals surface area contributed by atoms with Crippen LogP contribution < -0.4 is 10.6 Å². The van der Waals surface area contributed by atoms with Crippen molar-refractivity contribution in [1.29, 1.82) is 0 Å². The Morgan fingerprint density at radius 3 is 2.53 bits per heavy atom. The van der Waals surface area contributed by atoms with E-state index in [1.807, 2.05) is 31.2 Å². The average Bonchev–Trinajstić information content (AvgIpc) is 3.07. The van der Waals surface area contributed by atoms with Gasteiger partial charge >= 0.3 is 0 Å². The number of hydrogen-bond acceptors (Lipinski definition) is 4. The molecule has 156 valence electrons. The normalized spacial score (nSPS) is 10.7. The van der Waals surface area contributed by atoms with Gasteiger partial charge in [0.05, 0.1) is 22.8 Å². The molecule has 2 amide bonds. The SMILES string of the molecule is Cc1sc(CNC(=O)CCNC(=O)c2ccc(F)cc2Cl)nc1-c1ccc(Cl)cc1. The fourth-order valence-electron chi connectivity index (χ4n) is 2.72. The van der Waals surface area contributed by atoms with Crippen LogP contribution >= 0.6 is 34.5 Å². The van der Waals surface area contributed by atoms with Gasteiger partial charge in [-0.2, -0.15) is 0 Å². The summed E-state index contributed by atoms with van der Waals surface area (Å²) >= 11 is 13.3. The Morgan fingerprint density at radius 1 is 1.10 bits per heavy atom. The number of amides is 2. The first-order valence-electron chi connectivity index (χ1n) is 9.05. The summed E-state index contributed by atoms with van der Waals surface area (Å²) in [4.78, 5) is 29.8. The Bertz CT molecular complexity index is 1070. The van der Waals surface area contributed by atoms with Crippen LogP contribution in [-0.4, -0.2) is 23.3 Å². The number of nitrogens with one attached hydrogen (secondary N) is 2. The van der Waals surface area contributed by atoms with Gasteiger partial charge in [0.2, 0.25) is 5.91 Å². The number of benzene rings is 2. The maximum atomic E-state index is 13.1. The minimum atomic E-state index is -0.521. The molecule has 0 bridgehead atoms. The van der Waals surface area contributed by atoms with Gasteiger partial charge in [-0.25, -0.2) is 9.37 Å². The lowest BCUT2D eigenvalue weighted by Gasteiger charge is -2.07. The van der Waals surface area contributed by atoms with Gasteiger partial charge in [0, 0.05) is 28.4 Å². The first kappa shape index (κ1) is 22.2. The van der Waals surface area contributed by atoms with Crippen LogP contribution in [0, 0.1) is 12.7 Å². The van der Waals surface area contributed by atoms with Crippen molar-refractivity contribution in [3.63, 3.8) is 0 Å². The Labute approximate surface area is 187 Å². The molecule has 0 atom stereocenters. The summed E-state index contributed by atoms with van der Waals surface area (Å²) in [6.45, 7) is 2.41. The summed E-state index contributed by atoms with van der Waals surface area (Å²) in [6, 6.07) is 11.0. The summed E-state index contributed by atoms with van der Waals surface area (Å²) in [5.74, 6) is -1.20. The zero-order chi connectivity index (χ0) is 21.7. The predicted octanol–water partition coefficient (Wildman–Crippen LogP) is 5.00. The molecular weight excluding hydrogens is 448 g/mol. The van der Waals surface area contributed by atoms with Gasteiger partial charge in [0.25, 0.3) is 5.91 Å². The third kappa shape index (κ3) is 5.78. The van der Waals surface area contributed by atoms with Crippen LogP contribution in [0.4, 0.5) is 4.39 Å². The molecule has 0 aliphatic carbocycles. The molecule has 9 heteroatoms. The fourth-order valence-corrected chi connectivity index (χ4v) is 4.00. The van der Waals surface area contributed by atoms with Crippen molar-refractivity contribution in [2.45, 2.75) is 19.9 Å². The summed E-state index contributed by atoms with van der Waals surface area (Å²) in [5.41, 5.74) is 1.99. The smallest absolute Gasteiger partial charge is 0.252 e. The zero-order valence-electron chi connectivity index (χ0n) is 16.0. The van der Waals surface area contributed by atoms with Gasteiger partial charge in [0.1, 0.15) is 10.8 Å². The van der Waals surface area contributed by atoms with Crippen LogP contribution in [0.1, 0.15) is 26.7 Å². The highest BCUT2D eigenvalue weighted by molar-refractivity contribution is 7.12. The van der Waals surface area contributed by atoms with Gasteiger partial charge in [0.15, 0.2) is 0 Å². The molecule has 0 saturated carbocycles. The standard InChI is InChI=1S/C21H18Cl2FN3O2S/c1-12-20(13-2-4-14(22)5-3-13)27-19(30-12)11-26-18(28)8-9-25-21(29)16-7-6-15(24)10-17(16)23/h2-7,10H,8-9,11H2,1H3,(H,25,29)(H,26,28). The molecule has 3 rings (SSSR count). The van der Waals surface area contributed by atoms with Crippen LogP contribution in [0.2, 0.25) is 10.0 Å². The highest BCUT2D eigenvalue weighted by Crippen LogP contribution is 2.28. The molecule has 2 aromatic carbocycles. The van der Waals surface area contributed by atoms with E-state index >= 15 is 0 Å². The van der Waals surface area contributed by atoms with Crippen molar-refractivity contribution in [2.75, 3.05) is 6.54 Å². The minimum absolute atomic E-state index is 0.0209. The molecule has 1 aromatic heterocycles. The molecule has 0 unspecified atom stereocenters. The van der Waals surface area contributed by atoms with Crippen molar-refractivity contribution in [3.8, 4) is 11.3 Å². The molecule has 1 heterocycles. The van der Waals surface area contributed by atoms with Crippen molar-refractivity contribution in [1.82, 2.24) is 15.6 Å². The quantitative estimate of drug-likeness (QED) is 0.515. The Morgan fingerprint density at radius 2 is 1.83 bits per heavy atom. The van der Waals surface area contributed by atoms with E-state index in [1.165, 1.54) is 17.4 Å². The van der Waals surface area contributed by atoms with Crippen LogP contribution in [0.5, 0.6) is 0 Å². The first-order chi connectivity index (χ1) is 14.3. The molecule has 0 saturated heterocycles. The number of halogens is 3. The van der Waals surface area contributed by atoms with Crippen LogP contribution in [0.3, 0.4) is 0 Å². The monoisotopic (exact) mass is 465 g/mol. The number of rotatable bonds is 7. The number of aryl methyl sites for hydroxylation is 1. The van der Waals surface area contributed by atoms with Crippen LogP contribution in [0.25, 0.3) is 11.3 Å². The molecule has 0 radical (unpaired) electrons. The van der Waals surface area contributed by atoms with Crippen molar-refractivity contribution in [3.05, 3.63) is 73.8 Å². The van der Waals surface area contributed by atoms with E-state index in [-0.39, 0.29) is 29.5 Å². The molecule has 0 fully saturated rings. The second-order valence-electron chi connectivity index (χ2n) is 6.43. The van der Waals surface area contributed by atoms with Gasteiger partial charge in [-0.05, 0) is 37.3 Å². The van der Waals surface area contributed by atoms with Crippen LogP contribution in [0.15, 0.2) is 42.5 Å². The summed E-state index contributed by atoms with van der Waals surface area (Å²) in [5, 5.41) is 6.86. The fraction of sp³-hybridized carbons (Fsp3) is 0.190. The van der Waals surface area contributed by atoms with E-state index < -0.39 is 11.7 Å². The number of nitrogens with zero attached hydrogens (tertiary/aromatic N) is 1. The van der Waals surface area contributed by atoms with E-state index in [9.17, 15) is 14.0 Å². The molecule has 0 aliphatic rings. The highest BCUT2D eigenvalue weighted by atomic mass is 35.5. The number of thiazole rings is 1. The van der Waals surface area contributed by atoms with Crippen molar-refractivity contribution < 1.29 is 14.0 Å². The van der Waals surface area contributed by atoms with Gasteiger partial charge in [-0.1, -0.05) is 35.3 Å². The first-order valence-corrected chi connectivity index (χ1v) is 10.6. The Balaban J connectivity index is 1.47. The topological polar surface area (TPSA) is 71.1 Å². The highest BCUT2D eigenvalue weighted by Gasteiger charge is 2.13. The predicted molar refractivity (Wildman–Crippen MR) is 118 cm³/mol. The van der Waals surface area contributed by atoms with Gasteiger partial charge in [-0.3, -0.25) is 9.59 Å². The lowest BCUT2D eigenvalue weighted by atomic mass is 10.1. The average molecular weight is 466 g/mol. The lowest BCUT2D eigenvalue weighted by molar-refractivity contribution is -0.121. The lowest BCUT2D eigenvalue weighted by Crippen LogP contribution is -2.30. The third-order valence-corrected chi connectivity index (χ3v) is 5.74. The molecule has 0 spiro atoms. The molecule has 3 aromatic rings. The number of hydrogen-bond donors (Lipinski definition) is 2. The van der Waals surface area contributed by atoms with E-state index in [0.717, 1.165) is 33.3 Å².